The molecule has 6 rings (SSSR count). The van der Waals surface area contributed by atoms with Crippen molar-refractivity contribution in [2.75, 3.05) is 59.8 Å². The molecule has 3 heterocycles. The van der Waals surface area contributed by atoms with Crippen LogP contribution in [-0.4, -0.2) is 95.5 Å². The Labute approximate surface area is 350 Å². The third-order valence-electron chi connectivity index (χ3n) is 10.8. The highest BCUT2D eigenvalue weighted by Crippen LogP contribution is 2.40. The third kappa shape index (κ3) is 9.36. The van der Waals surface area contributed by atoms with E-state index in [1.807, 2.05) is 19.9 Å². The number of hydrogen-bond donors (Lipinski definition) is 3. The Kier molecular flexibility index (Phi) is 12.8. The molecule has 314 valence electrons. The standard InChI is InChI=1S/C42H44F3N9O5S/c1-5-27-18-32(54-40(60)53(39(58)41(54,3)4)31-7-6-28(22-47)33(20-31)42(43,44)45)8-10-35(27)59-15-14-51-12-13-52(25(2)23-51)24-37(56)49-30-17-26(21-46)16-29(19-30)48-34-9-11-36(55)50-38(34)57/h6-8,10,16-20,25,34,48H,5,9,11-15,23-24H2,1-4H3,(H,49,56)(H,50,55,57). The molecule has 0 bridgehead atoms. The van der Waals surface area contributed by atoms with Crippen LogP contribution in [0.15, 0.2) is 54.6 Å². The molecule has 0 spiro atoms. The molecule has 14 nitrogen and oxygen atoms in total. The highest BCUT2D eigenvalue weighted by molar-refractivity contribution is 7.81. The van der Waals surface area contributed by atoms with Crippen molar-refractivity contribution in [3.63, 3.8) is 0 Å². The molecule has 3 aromatic rings. The molecule has 3 aliphatic heterocycles. The summed E-state index contributed by atoms with van der Waals surface area (Å²) in [5.74, 6) is -0.898. The van der Waals surface area contributed by atoms with E-state index in [4.69, 9.17) is 17.0 Å². The van der Waals surface area contributed by atoms with Crippen molar-refractivity contribution < 1.29 is 37.1 Å². The lowest BCUT2D eigenvalue weighted by Gasteiger charge is -2.39. The predicted molar refractivity (Wildman–Crippen MR) is 221 cm³/mol. The highest BCUT2D eigenvalue weighted by atomic mass is 32.1. The normalized spacial score (nSPS) is 19.8. The fraction of sp³-hybridized carbons (Fsp3) is 0.405. The van der Waals surface area contributed by atoms with Gasteiger partial charge < -0.3 is 20.3 Å². The number of anilines is 4. The molecule has 3 fully saturated rings. The van der Waals surface area contributed by atoms with Crippen LogP contribution in [0.2, 0.25) is 0 Å². The number of aryl methyl sites for hydroxylation is 1. The zero-order valence-corrected chi connectivity index (χ0v) is 34.3. The molecule has 3 aliphatic rings. The highest BCUT2D eigenvalue weighted by Gasteiger charge is 2.51. The van der Waals surface area contributed by atoms with E-state index in [0.29, 0.717) is 74.0 Å². The van der Waals surface area contributed by atoms with E-state index in [1.54, 1.807) is 55.1 Å². The SMILES string of the molecule is CCc1cc(N2C(=S)N(c3ccc(C#N)c(C(F)(F)F)c3)C(=O)C2(C)C)ccc1OCCN1CCN(CC(=O)Nc2cc(C#N)cc(NC3CCC(=O)NC3=O)c2)C(C)C1. The van der Waals surface area contributed by atoms with Gasteiger partial charge in [0.05, 0.1) is 41.1 Å². The lowest BCUT2D eigenvalue weighted by Crippen LogP contribution is -2.54. The summed E-state index contributed by atoms with van der Waals surface area (Å²) in [6.07, 6.45) is -3.71. The van der Waals surface area contributed by atoms with Crippen LogP contribution in [0.4, 0.5) is 35.9 Å². The predicted octanol–water partition coefficient (Wildman–Crippen LogP) is 5.17. The second-order valence-corrected chi connectivity index (χ2v) is 15.7. The number of thiocarbonyl (C=S) groups is 1. The molecule has 2 unspecified atom stereocenters. The smallest absolute Gasteiger partial charge is 0.417 e. The Balaban J connectivity index is 1.03. The largest absolute Gasteiger partial charge is 0.492 e. The molecule has 3 N–H and O–H groups in total. The zero-order valence-electron chi connectivity index (χ0n) is 33.5. The van der Waals surface area contributed by atoms with Crippen molar-refractivity contribution in [1.82, 2.24) is 15.1 Å². The number of carbonyl (C=O) groups excluding carboxylic acids is 4. The van der Waals surface area contributed by atoms with Crippen molar-refractivity contribution in [2.45, 2.75) is 70.8 Å². The van der Waals surface area contributed by atoms with Crippen LogP contribution in [-0.2, 0) is 31.8 Å². The van der Waals surface area contributed by atoms with Gasteiger partial charge in [0.15, 0.2) is 5.11 Å². The average molecular weight is 844 g/mol. The summed E-state index contributed by atoms with van der Waals surface area (Å²) in [6.45, 7) is 10.4. The minimum atomic E-state index is -4.80. The van der Waals surface area contributed by atoms with E-state index in [-0.39, 0.29) is 41.6 Å². The fourth-order valence-electron chi connectivity index (χ4n) is 7.64. The van der Waals surface area contributed by atoms with E-state index < -0.39 is 40.7 Å². The molecule has 0 aliphatic carbocycles. The number of hydrogen-bond acceptors (Lipinski definition) is 11. The summed E-state index contributed by atoms with van der Waals surface area (Å²) in [5.41, 5.74) is -0.426. The number of nitrogens with one attached hydrogen (secondary N) is 3. The number of rotatable bonds is 12. The van der Waals surface area contributed by atoms with Crippen molar-refractivity contribution in [2.24, 2.45) is 0 Å². The van der Waals surface area contributed by atoms with Gasteiger partial charge in [-0.05, 0) is 106 Å². The van der Waals surface area contributed by atoms with Crippen LogP contribution < -0.4 is 30.5 Å². The van der Waals surface area contributed by atoms with Gasteiger partial charge in [-0.2, -0.15) is 23.7 Å². The molecule has 0 aromatic heterocycles. The maximum atomic E-state index is 13.8. The van der Waals surface area contributed by atoms with Crippen molar-refractivity contribution in [3.05, 3.63) is 76.9 Å². The van der Waals surface area contributed by atoms with Gasteiger partial charge >= 0.3 is 6.18 Å². The molecule has 3 aromatic carbocycles. The number of piperidine rings is 1. The van der Waals surface area contributed by atoms with Crippen molar-refractivity contribution in [3.8, 4) is 17.9 Å². The number of nitriles is 2. The molecule has 2 atom stereocenters. The first-order valence-corrected chi connectivity index (χ1v) is 19.8. The zero-order chi connectivity index (χ0) is 43.5. The van der Waals surface area contributed by atoms with Crippen LogP contribution in [0.5, 0.6) is 5.75 Å². The molecule has 18 heteroatoms. The van der Waals surface area contributed by atoms with Crippen molar-refractivity contribution >= 4 is 63.7 Å². The Morgan fingerprint density at radius 2 is 1.75 bits per heavy atom. The Bertz CT molecular complexity index is 2310. The number of alkyl halides is 3. The van der Waals surface area contributed by atoms with Crippen LogP contribution in [0.1, 0.15) is 62.8 Å². The van der Waals surface area contributed by atoms with Crippen molar-refractivity contribution in [1.29, 1.82) is 10.5 Å². The van der Waals surface area contributed by atoms with Gasteiger partial charge in [-0.3, -0.25) is 39.2 Å². The Morgan fingerprint density at radius 1 is 1.02 bits per heavy atom. The van der Waals surface area contributed by atoms with Crippen LogP contribution in [0, 0.1) is 22.7 Å². The van der Waals surface area contributed by atoms with Gasteiger partial charge in [0.2, 0.25) is 17.7 Å². The van der Waals surface area contributed by atoms with Gasteiger partial charge in [0.25, 0.3) is 5.91 Å². The maximum absolute atomic E-state index is 13.8. The lowest BCUT2D eigenvalue weighted by atomic mass is 10.0. The minimum absolute atomic E-state index is 0.00553. The molecule has 0 radical (unpaired) electrons. The number of amides is 4. The first-order chi connectivity index (χ1) is 28.4. The summed E-state index contributed by atoms with van der Waals surface area (Å²) >= 11 is 5.71. The molecule has 60 heavy (non-hydrogen) atoms. The summed E-state index contributed by atoms with van der Waals surface area (Å²) in [7, 11) is 0. The lowest BCUT2D eigenvalue weighted by molar-refractivity contribution is -0.138. The summed E-state index contributed by atoms with van der Waals surface area (Å²) in [5, 5.41) is 27.0. The first kappa shape index (κ1) is 43.5. The van der Waals surface area contributed by atoms with Gasteiger partial charge in [0, 0.05) is 55.7 Å². The monoisotopic (exact) mass is 843 g/mol. The minimum Gasteiger partial charge on any atom is -0.492 e. The number of halogens is 3. The van der Waals surface area contributed by atoms with Gasteiger partial charge in [-0.1, -0.05) is 6.92 Å². The Morgan fingerprint density at radius 3 is 2.42 bits per heavy atom. The summed E-state index contributed by atoms with van der Waals surface area (Å²) in [6, 6.07) is 16.3. The molecule has 4 amide bonds. The first-order valence-electron chi connectivity index (χ1n) is 19.4. The molecule has 0 saturated carbocycles. The molecular formula is C42H44F3N9O5S. The maximum Gasteiger partial charge on any atom is 0.417 e. The van der Waals surface area contributed by atoms with E-state index in [2.05, 4.69) is 31.8 Å². The molecular weight excluding hydrogens is 800 g/mol. The van der Waals surface area contributed by atoms with E-state index in [0.717, 1.165) is 22.6 Å². The van der Waals surface area contributed by atoms with E-state index >= 15 is 0 Å². The number of ether oxygens (including phenoxy) is 1. The van der Waals surface area contributed by atoms with E-state index in [1.165, 1.54) is 6.07 Å². The van der Waals surface area contributed by atoms with Gasteiger partial charge in [-0.15, -0.1) is 0 Å². The van der Waals surface area contributed by atoms with Crippen LogP contribution in [0.25, 0.3) is 0 Å². The Hall–Kier alpha value is -6.08. The summed E-state index contributed by atoms with van der Waals surface area (Å²) in [4.78, 5) is 57.6. The second kappa shape index (κ2) is 17.6. The fourth-order valence-corrected chi connectivity index (χ4v) is 8.16. The van der Waals surface area contributed by atoms with Crippen LogP contribution in [0.3, 0.4) is 0 Å². The van der Waals surface area contributed by atoms with E-state index in [9.17, 15) is 42.9 Å². The molecule has 3 saturated heterocycles. The summed E-state index contributed by atoms with van der Waals surface area (Å²) < 4.78 is 47.6. The second-order valence-electron chi connectivity index (χ2n) is 15.4. The average Bonchev–Trinajstić information content (AvgIpc) is 3.37. The number of piperazine rings is 1. The number of benzene rings is 3. The number of imide groups is 1. The van der Waals surface area contributed by atoms with Crippen LogP contribution >= 0.6 is 12.2 Å². The van der Waals surface area contributed by atoms with Gasteiger partial charge in [-0.25, -0.2) is 0 Å². The third-order valence-corrected chi connectivity index (χ3v) is 11.2. The van der Waals surface area contributed by atoms with Gasteiger partial charge in [0.1, 0.15) is 23.9 Å². The number of nitrogens with zero attached hydrogens (tertiary/aromatic N) is 6. The number of carbonyl (C=O) groups is 4. The quantitative estimate of drug-likeness (QED) is 0.162. The topological polar surface area (TPSA) is 174 Å².